The Morgan fingerprint density at radius 1 is 0.967 bits per heavy atom. The molecule has 0 aliphatic carbocycles. The lowest BCUT2D eigenvalue weighted by Crippen LogP contribution is -2.30. The van der Waals surface area contributed by atoms with E-state index in [1.165, 1.54) is 17.7 Å². The molecule has 2 aromatic carbocycles. The van der Waals surface area contributed by atoms with E-state index in [2.05, 4.69) is 34.1 Å². The van der Waals surface area contributed by atoms with Gasteiger partial charge < -0.3 is 9.88 Å². The Kier molecular flexibility index (Phi) is 4.99. The lowest BCUT2D eigenvalue weighted by molar-refractivity contribution is -0.123. The molecule has 4 rings (SSSR count). The summed E-state index contributed by atoms with van der Waals surface area (Å²) in [6, 6.07) is 15.5. The average molecular weight is 403 g/mol. The average Bonchev–Trinajstić information content (AvgIpc) is 3.14. The smallest absolute Gasteiger partial charge is 0.318 e. The van der Waals surface area contributed by atoms with Gasteiger partial charge >= 0.3 is 6.03 Å². The van der Waals surface area contributed by atoms with Crippen LogP contribution in [0.3, 0.4) is 0 Å². The minimum absolute atomic E-state index is 0.0880. The molecule has 6 heteroatoms. The monoisotopic (exact) mass is 403 g/mol. The van der Waals surface area contributed by atoms with E-state index in [4.69, 9.17) is 0 Å². The largest absolute Gasteiger partial charge is 0.329 e. The molecule has 0 saturated carbocycles. The molecule has 5 nitrogen and oxygen atoms in total. The molecule has 0 radical (unpaired) electrons. The summed E-state index contributed by atoms with van der Waals surface area (Å²) in [7, 11) is 0. The fourth-order valence-electron chi connectivity index (χ4n) is 3.67. The first-order valence-electron chi connectivity index (χ1n) is 9.68. The minimum atomic E-state index is -0.483. The second-order valence-electron chi connectivity index (χ2n) is 7.50. The molecule has 0 spiro atoms. The summed E-state index contributed by atoms with van der Waals surface area (Å²) >= 11 is 0. The molecule has 0 bridgehead atoms. The second kappa shape index (κ2) is 7.63. The van der Waals surface area contributed by atoms with E-state index in [1.54, 1.807) is 18.2 Å². The molecule has 0 atom stereocenters. The zero-order valence-corrected chi connectivity index (χ0v) is 17.1. The van der Waals surface area contributed by atoms with Gasteiger partial charge in [0.2, 0.25) is 0 Å². The second-order valence-corrected chi connectivity index (χ2v) is 7.50. The van der Waals surface area contributed by atoms with Gasteiger partial charge in [-0.05, 0) is 68.3 Å². The van der Waals surface area contributed by atoms with Gasteiger partial charge in [0.15, 0.2) is 0 Å². The number of hydrogen-bond acceptors (Lipinski definition) is 2. The number of urea groups is 1. The molecule has 1 fully saturated rings. The van der Waals surface area contributed by atoms with Crippen LogP contribution in [-0.4, -0.2) is 21.4 Å². The van der Waals surface area contributed by atoms with Crippen molar-refractivity contribution >= 4 is 18.0 Å². The van der Waals surface area contributed by atoms with E-state index in [9.17, 15) is 14.0 Å². The van der Waals surface area contributed by atoms with E-state index in [0.29, 0.717) is 5.56 Å². The van der Waals surface area contributed by atoms with E-state index >= 15 is 0 Å². The molecule has 1 aliphatic rings. The molecular formula is C24H22FN3O2. The number of halogens is 1. The molecule has 30 heavy (non-hydrogen) atoms. The van der Waals surface area contributed by atoms with Gasteiger partial charge in [-0.1, -0.05) is 29.8 Å². The number of aromatic nitrogens is 1. The number of carbonyl (C=O) groups excluding carboxylic acids is 2. The summed E-state index contributed by atoms with van der Waals surface area (Å²) in [5.74, 6) is -0.759. The first-order valence-corrected chi connectivity index (χ1v) is 9.68. The Balaban J connectivity index is 1.61. The maximum Gasteiger partial charge on any atom is 0.329 e. The minimum Gasteiger partial charge on any atom is -0.318 e. The Morgan fingerprint density at radius 3 is 2.30 bits per heavy atom. The van der Waals surface area contributed by atoms with E-state index in [-0.39, 0.29) is 18.1 Å². The molecule has 3 aromatic rings. The number of hydrogen-bond donors (Lipinski definition) is 1. The third-order valence-corrected chi connectivity index (χ3v) is 5.28. The van der Waals surface area contributed by atoms with E-state index in [0.717, 1.165) is 27.5 Å². The van der Waals surface area contributed by atoms with Crippen LogP contribution in [0.5, 0.6) is 0 Å². The number of amides is 3. The highest BCUT2D eigenvalue weighted by molar-refractivity contribution is 6.13. The van der Waals surface area contributed by atoms with Crippen molar-refractivity contribution in [2.45, 2.75) is 27.3 Å². The van der Waals surface area contributed by atoms with Gasteiger partial charge in [0.25, 0.3) is 5.91 Å². The Bertz CT molecular complexity index is 1160. The fraction of sp³-hybridized carbons (Fsp3) is 0.167. The van der Waals surface area contributed by atoms with E-state index in [1.807, 2.05) is 26.8 Å². The van der Waals surface area contributed by atoms with Crippen LogP contribution in [0, 0.1) is 26.6 Å². The fourth-order valence-corrected chi connectivity index (χ4v) is 3.67. The van der Waals surface area contributed by atoms with Crippen molar-refractivity contribution in [3.8, 4) is 5.69 Å². The Hall–Kier alpha value is -3.67. The zero-order chi connectivity index (χ0) is 21.4. The van der Waals surface area contributed by atoms with Crippen molar-refractivity contribution in [2.75, 3.05) is 0 Å². The van der Waals surface area contributed by atoms with Gasteiger partial charge in [0.1, 0.15) is 11.5 Å². The lowest BCUT2D eigenvalue weighted by Gasteiger charge is -2.11. The van der Waals surface area contributed by atoms with Crippen LogP contribution in [0.1, 0.15) is 28.1 Å². The van der Waals surface area contributed by atoms with Crippen molar-refractivity contribution in [3.63, 3.8) is 0 Å². The SMILES string of the molecule is Cc1ccc(-n2c(C)cc(/C=C3/NC(=O)N(Cc4ccc(F)cc4)C3=O)c2C)cc1. The first-order chi connectivity index (χ1) is 14.3. The summed E-state index contributed by atoms with van der Waals surface area (Å²) < 4.78 is 15.2. The van der Waals surface area contributed by atoms with Crippen molar-refractivity contribution in [1.29, 1.82) is 0 Å². The molecule has 1 saturated heterocycles. The molecule has 152 valence electrons. The van der Waals surface area contributed by atoms with Gasteiger partial charge in [-0.3, -0.25) is 9.69 Å². The predicted octanol–water partition coefficient (Wildman–Crippen LogP) is 4.63. The highest BCUT2D eigenvalue weighted by Crippen LogP contribution is 2.24. The number of rotatable bonds is 4. The highest BCUT2D eigenvalue weighted by Gasteiger charge is 2.33. The van der Waals surface area contributed by atoms with Crippen LogP contribution >= 0.6 is 0 Å². The highest BCUT2D eigenvalue weighted by atomic mass is 19.1. The summed E-state index contributed by atoms with van der Waals surface area (Å²) in [4.78, 5) is 26.3. The molecule has 1 aliphatic heterocycles. The topological polar surface area (TPSA) is 54.3 Å². The molecule has 1 aromatic heterocycles. The summed E-state index contributed by atoms with van der Waals surface area (Å²) in [6.07, 6.45) is 1.71. The number of benzene rings is 2. The standard InChI is InChI=1S/C24H22FN3O2/c1-15-4-10-21(11-5-15)28-16(2)12-19(17(28)3)13-22-23(29)27(24(30)26-22)14-18-6-8-20(25)9-7-18/h4-13H,14H2,1-3H3,(H,26,30)/b22-13+. The van der Waals surface area contributed by atoms with Crippen LogP contribution in [0.15, 0.2) is 60.3 Å². The summed E-state index contributed by atoms with van der Waals surface area (Å²) in [5, 5.41) is 2.65. The number of nitrogens with zero attached hydrogens (tertiary/aromatic N) is 2. The quantitative estimate of drug-likeness (QED) is 0.510. The van der Waals surface area contributed by atoms with Crippen molar-refractivity contribution in [1.82, 2.24) is 14.8 Å². The maximum absolute atomic E-state index is 13.1. The number of aryl methyl sites for hydroxylation is 2. The number of imide groups is 1. The normalized spacial score (nSPS) is 15.2. The van der Waals surface area contributed by atoms with Crippen LogP contribution in [-0.2, 0) is 11.3 Å². The number of nitrogens with one attached hydrogen (secondary N) is 1. The third kappa shape index (κ3) is 3.64. The van der Waals surface area contributed by atoms with Crippen LogP contribution in [0.4, 0.5) is 9.18 Å². The lowest BCUT2D eigenvalue weighted by atomic mass is 10.2. The van der Waals surface area contributed by atoms with Gasteiger partial charge in [0.05, 0.1) is 6.54 Å². The van der Waals surface area contributed by atoms with E-state index < -0.39 is 11.9 Å². The molecule has 0 unspecified atom stereocenters. The maximum atomic E-state index is 13.1. The van der Waals surface area contributed by atoms with Gasteiger partial charge in [-0.15, -0.1) is 0 Å². The molecule has 3 amide bonds. The Labute approximate surface area is 174 Å². The summed E-state index contributed by atoms with van der Waals surface area (Å²) in [6.45, 7) is 6.12. The van der Waals surface area contributed by atoms with Crippen molar-refractivity contribution in [3.05, 3.63) is 94.2 Å². The van der Waals surface area contributed by atoms with Gasteiger partial charge in [-0.25, -0.2) is 9.18 Å². The number of carbonyl (C=O) groups is 2. The zero-order valence-electron chi connectivity index (χ0n) is 17.1. The van der Waals surface area contributed by atoms with Gasteiger partial charge in [-0.2, -0.15) is 0 Å². The first kappa shape index (κ1) is 19.6. The molecular weight excluding hydrogens is 381 g/mol. The van der Waals surface area contributed by atoms with Crippen LogP contribution in [0.2, 0.25) is 0 Å². The predicted molar refractivity (Wildman–Crippen MR) is 113 cm³/mol. The Morgan fingerprint density at radius 2 is 1.63 bits per heavy atom. The van der Waals surface area contributed by atoms with Crippen molar-refractivity contribution < 1.29 is 14.0 Å². The molecule has 2 heterocycles. The molecule has 1 N–H and O–H groups in total. The van der Waals surface area contributed by atoms with Crippen LogP contribution < -0.4 is 5.32 Å². The van der Waals surface area contributed by atoms with Crippen molar-refractivity contribution in [2.24, 2.45) is 0 Å². The third-order valence-electron chi connectivity index (χ3n) is 5.28. The summed E-state index contributed by atoms with van der Waals surface area (Å²) in [5.41, 5.74) is 6.00. The van der Waals surface area contributed by atoms with Crippen LogP contribution in [0.25, 0.3) is 11.8 Å². The van der Waals surface area contributed by atoms with Gasteiger partial charge in [0, 0.05) is 17.1 Å².